The molecule has 6 heteroatoms. The molecule has 0 bridgehead atoms. The van der Waals surface area contributed by atoms with Crippen molar-refractivity contribution in [2.24, 2.45) is 0 Å². The van der Waals surface area contributed by atoms with Crippen molar-refractivity contribution >= 4 is 11.7 Å². The number of rotatable bonds is 5. The first-order valence-electron chi connectivity index (χ1n) is 5.16. The van der Waals surface area contributed by atoms with Gasteiger partial charge in [-0.25, -0.2) is 9.18 Å². The Morgan fingerprint density at radius 2 is 2.29 bits per heavy atom. The van der Waals surface area contributed by atoms with Gasteiger partial charge in [-0.05, 0) is 18.6 Å². The highest BCUT2D eigenvalue weighted by molar-refractivity contribution is 5.89. The number of urea groups is 1. The van der Waals surface area contributed by atoms with Crippen LogP contribution >= 0.6 is 0 Å². The molecule has 0 saturated heterocycles. The van der Waals surface area contributed by atoms with Gasteiger partial charge in [0.15, 0.2) is 11.6 Å². The number of aliphatic hydroxyl groups is 1. The van der Waals surface area contributed by atoms with Gasteiger partial charge >= 0.3 is 6.03 Å². The quantitative estimate of drug-likeness (QED) is 0.682. The number of ether oxygens (including phenoxy) is 1. The smallest absolute Gasteiger partial charge is 0.319 e. The Hall–Kier alpha value is -1.82. The first-order valence-corrected chi connectivity index (χ1v) is 5.16. The molecule has 1 aromatic rings. The fourth-order valence-electron chi connectivity index (χ4n) is 1.20. The number of benzene rings is 1. The number of anilines is 1. The average molecular weight is 242 g/mol. The van der Waals surface area contributed by atoms with Crippen LogP contribution in [0, 0.1) is 5.82 Å². The highest BCUT2D eigenvalue weighted by Gasteiger charge is 2.05. The van der Waals surface area contributed by atoms with Crippen molar-refractivity contribution in [2.75, 3.05) is 25.6 Å². The number of carbonyl (C=O) groups excluding carboxylic acids is 1. The van der Waals surface area contributed by atoms with Crippen molar-refractivity contribution in [2.45, 2.75) is 6.42 Å². The largest absolute Gasteiger partial charge is 0.494 e. The molecule has 0 spiro atoms. The van der Waals surface area contributed by atoms with Crippen LogP contribution < -0.4 is 15.4 Å². The van der Waals surface area contributed by atoms with E-state index in [0.717, 1.165) is 0 Å². The summed E-state index contributed by atoms with van der Waals surface area (Å²) in [4.78, 5) is 11.3. The van der Waals surface area contributed by atoms with Gasteiger partial charge in [0, 0.05) is 24.9 Å². The van der Waals surface area contributed by atoms with Gasteiger partial charge < -0.3 is 20.5 Å². The third kappa shape index (κ3) is 4.28. The van der Waals surface area contributed by atoms with Crippen LogP contribution in [0.3, 0.4) is 0 Å². The van der Waals surface area contributed by atoms with Crippen molar-refractivity contribution < 1.29 is 19.0 Å². The molecule has 94 valence electrons. The molecule has 3 N–H and O–H groups in total. The lowest BCUT2D eigenvalue weighted by Gasteiger charge is -2.08. The van der Waals surface area contributed by atoms with Gasteiger partial charge in [0.2, 0.25) is 0 Å². The molecule has 0 aliphatic carbocycles. The molecule has 2 amide bonds. The van der Waals surface area contributed by atoms with E-state index in [0.29, 0.717) is 18.7 Å². The second kappa shape index (κ2) is 6.70. The van der Waals surface area contributed by atoms with Crippen molar-refractivity contribution in [1.29, 1.82) is 0 Å². The molecule has 17 heavy (non-hydrogen) atoms. The second-order valence-electron chi connectivity index (χ2n) is 3.31. The Balaban J connectivity index is 2.51. The topological polar surface area (TPSA) is 70.6 Å². The average Bonchev–Trinajstić information content (AvgIpc) is 2.29. The Labute approximate surface area is 98.6 Å². The van der Waals surface area contributed by atoms with Crippen LogP contribution in [0.5, 0.6) is 5.75 Å². The van der Waals surface area contributed by atoms with Crippen LogP contribution in [0.1, 0.15) is 6.42 Å². The Morgan fingerprint density at radius 1 is 1.53 bits per heavy atom. The minimum Gasteiger partial charge on any atom is -0.494 e. The summed E-state index contributed by atoms with van der Waals surface area (Å²) in [5, 5.41) is 13.5. The van der Waals surface area contributed by atoms with Crippen LogP contribution in [0.25, 0.3) is 0 Å². The predicted molar refractivity (Wildman–Crippen MR) is 61.7 cm³/mol. The molecule has 0 aromatic heterocycles. The minimum atomic E-state index is -0.541. The third-order valence-corrected chi connectivity index (χ3v) is 2.03. The van der Waals surface area contributed by atoms with Gasteiger partial charge in [-0.15, -0.1) is 0 Å². The Morgan fingerprint density at radius 3 is 2.88 bits per heavy atom. The van der Waals surface area contributed by atoms with E-state index in [4.69, 9.17) is 9.84 Å². The van der Waals surface area contributed by atoms with Gasteiger partial charge in [0.1, 0.15) is 0 Å². The van der Waals surface area contributed by atoms with Crippen LogP contribution in [-0.2, 0) is 0 Å². The van der Waals surface area contributed by atoms with E-state index in [1.807, 2.05) is 0 Å². The zero-order chi connectivity index (χ0) is 12.7. The molecule has 0 fully saturated rings. The first-order chi connectivity index (χ1) is 8.17. The number of halogens is 1. The number of hydrogen-bond donors (Lipinski definition) is 3. The molecule has 0 atom stereocenters. The molecule has 0 aliphatic heterocycles. The van der Waals surface area contributed by atoms with Gasteiger partial charge in [-0.3, -0.25) is 0 Å². The lowest BCUT2D eigenvalue weighted by Crippen LogP contribution is -2.29. The van der Waals surface area contributed by atoms with Crippen LogP contribution in [0.2, 0.25) is 0 Å². The maximum atomic E-state index is 13.3. The number of carbonyl (C=O) groups is 1. The van der Waals surface area contributed by atoms with Gasteiger partial charge in [-0.1, -0.05) is 0 Å². The maximum Gasteiger partial charge on any atom is 0.319 e. The first kappa shape index (κ1) is 13.2. The molecule has 1 rings (SSSR count). The summed E-state index contributed by atoms with van der Waals surface area (Å²) in [5.74, 6) is -0.420. The maximum absolute atomic E-state index is 13.3. The monoisotopic (exact) mass is 242 g/mol. The standard InChI is InChI=1S/C11H15FN2O3/c1-17-10-4-3-8(7-9(10)12)14-11(16)13-5-2-6-15/h3-4,7,15H,2,5-6H2,1H3,(H2,13,14,16). The normalized spacial score (nSPS) is 9.82. The molecule has 0 unspecified atom stereocenters. The molecular weight excluding hydrogens is 227 g/mol. The molecule has 5 nitrogen and oxygen atoms in total. The molecule has 0 heterocycles. The van der Waals surface area contributed by atoms with Crippen LogP contribution in [0.4, 0.5) is 14.9 Å². The molecule has 0 radical (unpaired) electrons. The summed E-state index contributed by atoms with van der Waals surface area (Å²) in [6.45, 7) is 0.373. The van der Waals surface area contributed by atoms with Gasteiger partial charge in [0.05, 0.1) is 7.11 Å². The summed E-state index contributed by atoms with van der Waals surface area (Å²) in [5.41, 5.74) is 0.338. The van der Waals surface area contributed by atoms with E-state index >= 15 is 0 Å². The van der Waals surface area contributed by atoms with Gasteiger partial charge in [-0.2, -0.15) is 0 Å². The van der Waals surface area contributed by atoms with Crippen molar-refractivity contribution in [3.05, 3.63) is 24.0 Å². The summed E-state index contributed by atoms with van der Waals surface area (Å²) < 4.78 is 18.0. The molecular formula is C11H15FN2O3. The van der Waals surface area contributed by atoms with E-state index in [2.05, 4.69) is 10.6 Å². The fraction of sp³-hybridized carbons (Fsp3) is 0.364. The molecule has 0 saturated carbocycles. The summed E-state index contributed by atoms with van der Waals surface area (Å²) >= 11 is 0. The Kier molecular flexibility index (Phi) is 5.22. The third-order valence-electron chi connectivity index (χ3n) is 2.03. The summed E-state index contributed by atoms with van der Waals surface area (Å²) in [6.07, 6.45) is 0.477. The fourth-order valence-corrected chi connectivity index (χ4v) is 1.20. The summed E-state index contributed by atoms with van der Waals surface area (Å²) in [7, 11) is 1.37. The van der Waals surface area contributed by atoms with Gasteiger partial charge in [0.25, 0.3) is 0 Å². The van der Waals surface area contributed by atoms with Crippen LogP contribution in [0.15, 0.2) is 18.2 Å². The van der Waals surface area contributed by atoms with Crippen molar-refractivity contribution in [3.63, 3.8) is 0 Å². The van der Waals surface area contributed by atoms with E-state index < -0.39 is 11.8 Å². The number of aliphatic hydroxyl groups excluding tert-OH is 1. The highest BCUT2D eigenvalue weighted by atomic mass is 19.1. The molecule has 0 aliphatic rings. The second-order valence-corrected chi connectivity index (χ2v) is 3.31. The molecule has 1 aromatic carbocycles. The highest BCUT2D eigenvalue weighted by Crippen LogP contribution is 2.20. The van der Waals surface area contributed by atoms with Crippen molar-refractivity contribution in [1.82, 2.24) is 5.32 Å². The van der Waals surface area contributed by atoms with E-state index in [1.54, 1.807) is 0 Å². The SMILES string of the molecule is COc1ccc(NC(=O)NCCCO)cc1F. The number of nitrogens with one attached hydrogen (secondary N) is 2. The predicted octanol–water partition coefficient (Wildman–Crippen LogP) is 1.34. The number of hydrogen-bond acceptors (Lipinski definition) is 3. The zero-order valence-corrected chi connectivity index (χ0v) is 9.50. The Bertz CT molecular complexity index is 385. The lowest BCUT2D eigenvalue weighted by atomic mass is 10.3. The summed E-state index contributed by atoms with van der Waals surface area (Å²) in [6, 6.07) is 3.69. The van der Waals surface area contributed by atoms with E-state index in [-0.39, 0.29) is 12.4 Å². The van der Waals surface area contributed by atoms with E-state index in [1.165, 1.54) is 25.3 Å². The van der Waals surface area contributed by atoms with Crippen LogP contribution in [-0.4, -0.2) is 31.4 Å². The number of methoxy groups -OCH3 is 1. The minimum absolute atomic E-state index is 0.0114. The number of amides is 2. The lowest BCUT2D eigenvalue weighted by molar-refractivity contribution is 0.249. The van der Waals surface area contributed by atoms with Crippen molar-refractivity contribution in [3.8, 4) is 5.75 Å². The zero-order valence-electron chi connectivity index (χ0n) is 9.50. The van der Waals surface area contributed by atoms with E-state index in [9.17, 15) is 9.18 Å².